The molecule has 0 radical (unpaired) electrons. The van der Waals surface area contributed by atoms with Gasteiger partial charge in [-0.2, -0.15) is 0 Å². The highest BCUT2D eigenvalue weighted by atomic mass is 32.2. The minimum Gasteiger partial charge on any atom is -0.478 e. The molecule has 0 unspecified atom stereocenters. The minimum atomic E-state index is -0.909. The summed E-state index contributed by atoms with van der Waals surface area (Å²) < 4.78 is 0. The number of carboxylic acid groups (broad SMARTS) is 1. The molecule has 1 aromatic rings. The number of thioether (sulfide) groups is 1. The molecule has 96 valence electrons. The van der Waals surface area contributed by atoms with Gasteiger partial charge in [-0.25, -0.2) is 14.8 Å². The standard InChI is InChI=1S/C13H16N2O2S/c1-7-10(13(16)17)12(18-6-8-2-3-8)15-11(14-7)9-4-5-9/h8-9H,2-6H2,1H3,(H,16,17). The van der Waals surface area contributed by atoms with Crippen LogP contribution in [-0.2, 0) is 0 Å². The molecule has 0 bridgehead atoms. The Morgan fingerprint density at radius 1 is 1.33 bits per heavy atom. The first-order valence-corrected chi connectivity index (χ1v) is 7.38. The topological polar surface area (TPSA) is 63.1 Å². The Morgan fingerprint density at radius 3 is 2.61 bits per heavy atom. The first kappa shape index (κ1) is 12.0. The van der Waals surface area contributed by atoms with Gasteiger partial charge in [0.25, 0.3) is 0 Å². The number of aromatic carboxylic acids is 1. The van der Waals surface area contributed by atoms with E-state index < -0.39 is 5.97 Å². The van der Waals surface area contributed by atoms with Crippen molar-refractivity contribution in [1.29, 1.82) is 0 Å². The van der Waals surface area contributed by atoms with Gasteiger partial charge in [0.05, 0.1) is 5.69 Å². The number of hydrogen-bond donors (Lipinski definition) is 1. The summed E-state index contributed by atoms with van der Waals surface area (Å²) in [5.74, 6) is 2.15. The molecular weight excluding hydrogens is 248 g/mol. The van der Waals surface area contributed by atoms with Crippen LogP contribution in [0.4, 0.5) is 0 Å². The smallest absolute Gasteiger partial charge is 0.340 e. The van der Waals surface area contributed by atoms with Gasteiger partial charge in [0.15, 0.2) is 0 Å². The second kappa shape index (κ2) is 4.53. The van der Waals surface area contributed by atoms with Crippen molar-refractivity contribution < 1.29 is 9.90 Å². The van der Waals surface area contributed by atoms with Crippen LogP contribution < -0.4 is 0 Å². The van der Waals surface area contributed by atoms with Crippen molar-refractivity contribution in [3.05, 3.63) is 17.1 Å². The normalized spacial score (nSPS) is 18.9. The Labute approximate surface area is 110 Å². The lowest BCUT2D eigenvalue weighted by Gasteiger charge is -2.09. The van der Waals surface area contributed by atoms with Gasteiger partial charge in [-0.3, -0.25) is 0 Å². The molecule has 0 atom stereocenters. The summed E-state index contributed by atoms with van der Waals surface area (Å²) in [5, 5.41) is 9.95. The number of carbonyl (C=O) groups is 1. The predicted molar refractivity (Wildman–Crippen MR) is 69.2 cm³/mol. The maximum absolute atomic E-state index is 11.3. The van der Waals surface area contributed by atoms with Crippen molar-refractivity contribution in [2.75, 3.05) is 5.75 Å². The minimum absolute atomic E-state index is 0.296. The van der Waals surface area contributed by atoms with E-state index in [0.29, 0.717) is 22.2 Å². The van der Waals surface area contributed by atoms with E-state index in [0.717, 1.165) is 30.3 Å². The molecule has 1 heterocycles. The fourth-order valence-electron chi connectivity index (χ4n) is 1.92. The third kappa shape index (κ3) is 2.51. The van der Waals surface area contributed by atoms with Crippen LogP contribution in [0.5, 0.6) is 0 Å². The summed E-state index contributed by atoms with van der Waals surface area (Å²) in [4.78, 5) is 20.1. The maximum Gasteiger partial charge on any atom is 0.340 e. The van der Waals surface area contributed by atoms with E-state index in [-0.39, 0.29) is 0 Å². The molecule has 2 aliphatic carbocycles. The van der Waals surface area contributed by atoms with E-state index in [9.17, 15) is 9.90 Å². The maximum atomic E-state index is 11.3. The highest BCUT2D eigenvalue weighted by Crippen LogP contribution is 2.40. The zero-order chi connectivity index (χ0) is 12.7. The molecule has 1 aromatic heterocycles. The molecule has 2 saturated carbocycles. The third-order valence-electron chi connectivity index (χ3n) is 3.38. The Balaban J connectivity index is 1.91. The second-order valence-electron chi connectivity index (χ2n) is 5.18. The fourth-order valence-corrected chi connectivity index (χ4v) is 3.19. The summed E-state index contributed by atoms with van der Waals surface area (Å²) in [6.07, 6.45) is 4.82. The molecule has 0 amide bonds. The number of carboxylic acids is 1. The summed E-state index contributed by atoms with van der Waals surface area (Å²) in [5.41, 5.74) is 0.905. The Morgan fingerprint density at radius 2 is 2.06 bits per heavy atom. The van der Waals surface area contributed by atoms with E-state index in [2.05, 4.69) is 9.97 Å². The molecule has 3 rings (SSSR count). The van der Waals surface area contributed by atoms with Crippen molar-refractivity contribution in [1.82, 2.24) is 9.97 Å². The van der Waals surface area contributed by atoms with E-state index >= 15 is 0 Å². The molecular formula is C13H16N2O2S. The van der Waals surface area contributed by atoms with Crippen LogP contribution in [0.3, 0.4) is 0 Å². The van der Waals surface area contributed by atoms with Gasteiger partial charge in [-0.05, 0) is 38.5 Å². The molecule has 5 heteroatoms. The van der Waals surface area contributed by atoms with E-state index in [4.69, 9.17) is 0 Å². The Kier molecular flexibility index (Phi) is 3.01. The largest absolute Gasteiger partial charge is 0.478 e. The van der Waals surface area contributed by atoms with Crippen LogP contribution in [0.2, 0.25) is 0 Å². The first-order valence-electron chi connectivity index (χ1n) is 6.39. The van der Waals surface area contributed by atoms with E-state index in [1.165, 1.54) is 12.8 Å². The number of aryl methyl sites for hydroxylation is 1. The lowest BCUT2D eigenvalue weighted by Crippen LogP contribution is -2.09. The zero-order valence-electron chi connectivity index (χ0n) is 10.3. The number of hydrogen-bond acceptors (Lipinski definition) is 4. The highest BCUT2D eigenvalue weighted by molar-refractivity contribution is 7.99. The van der Waals surface area contributed by atoms with Gasteiger partial charge in [-0.15, -0.1) is 11.8 Å². The summed E-state index contributed by atoms with van der Waals surface area (Å²) >= 11 is 1.59. The summed E-state index contributed by atoms with van der Waals surface area (Å²) in [6.45, 7) is 1.78. The van der Waals surface area contributed by atoms with Crippen LogP contribution in [0.25, 0.3) is 0 Å². The van der Waals surface area contributed by atoms with Gasteiger partial charge in [-0.1, -0.05) is 0 Å². The average Bonchev–Trinajstić information content (AvgIpc) is 3.15. The molecule has 2 aliphatic rings. The van der Waals surface area contributed by atoms with E-state index in [1.54, 1.807) is 18.7 Å². The van der Waals surface area contributed by atoms with Gasteiger partial charge in [0, 0.05) is 11.7 Å². The van der Waals surface area contributed by atoms with Crippen molar-refractivity contribution in [3.63, 3.8) is 0 Å². The SMILES string of the molecule is Cc1nc(C2CC2)nc(SCC2CC2)c1C(=O)O. The van der Waals surface area contributed by atoms with Crippen LogP contribution in [0.1, 0.15) is 53.5 Å². The lowest BCUT2D eigenvalue weighted by atomic mass is 10.2. The molecule has 2 fully saturated rings. The molecule has 0 spiro atoms. The molecule has 18 heavy (non-hydrogen) atoms. The monoisotopic (exact) mass is 264 g/mol. The van der Waals surface area contributed by atoms with Crippen molar-refractivity contribution >= 4 is 17.7 Å². The van der Waals surface area contributed by atoms with Crippen LogP contribution in [0, 0.1) is 12.8 Å². The average molecular weight is 264 g/mol. The molecule has 1 N–H and O–H groups in total. The highest BCUT2D eigenvalue weighted by Gasteiger charge is 2.30. The zero-order valence-corrected chi connectivity index (χ0v) is 11.2. The van der Waals surface area contributed by atoms with Crippen molar-refractivity contribution in [2.24, 2.45) is 5.92 Å². The molecule has 0 saturated heterocycles. The van der Waals surface area contributed by atoms with Gasteiger partial charge in [0.1, 0.15) is 16.4 Å². The van der Waals surface area contributed by atoms with Crippen LogP contribution in [0.15, 0.2) is 5.03 Å². The second-order valence-corrected chi connectivity index (χ2v) is 6.19. The van der Waals surface area contributed by atoms with E-state index in [1.807, 2.05) is 0 Å². The molecule has 4 nitrogen and oxygen atoms in total. The van der Waals surface area contributed by atoms with Gasteiger partial charge < -0.3 is 5.11 Å². The third-order valence-corrected chi connectivity index (χ3v) is 4.59. The Bertz CT molecular complexity index is 496. The van der Waals surface area contributed by atoms with Gasteiger partial charge >= 0.3 is 5.97 Å². The fraction of sp³-hybridized carbons (Fsp3) is 0.615. The number of nitrogens with zero attached hydrogens (tertiary/aromatic N) is 2. The number of rotatable bonds is 5. The summed E-state index contributed by atoms with van der Waals surface area (Å²) in [7, 11) is 0. The van der Waals surface area contributed by atoms with Crippen LogP contribution >= 0.6 is 11.8 Å². The molecule has 0 aromatic carbocycles. The number of aromatic nitrogens is 2. The quantitative estimate of drug-likeness (QED) is 0.654. The van der Waals surface area contributed by atoms with Crippen molar-refractivity contribution in [3.8, 4) is 0 Å². The van der Waals surface area contributed by atoms with Gasteiger partial charge in [0.2, 0.25) is 0 Å². The van der Waals surface area contributed by atoms with Crippen molar-refractivity contribution in [2.45, 2.75) is 43.6 Å². The predicted octanol–water partition coefficient (Wildman–Crippen LogP) is 2.86. The Hall–Kier alpha value is -1.10. The summed E-state index contributed by atoms with van der Waals surface area (Å²) in [6, 6.07) is 0. The lowest BCUT2D eigenvalue weighted by molar-refractivity contribution is 0.0690. The first-order chi connectivity index (χ1) is 8.65. The molecule has 0 aliphatic heterocycles. The van der Waals surface area contributed by atoms with Crippen LogP contribution in [-0.4, -0.2) is 26.8 Å².